The average molecular weight is 295 g/mol. The lowest BCUT2D eigenvalue weighted by Gasteiger charge is -2.33. The number of carbonyl (C=O) groups excluding carboxylic acids is 2. The molecule has 2 aliphatic rings. The van der Waals surface area contributed by atoms with Gasteiger partial charge >= 0.3 is 11.9 Å². The topological polar surface area (TPSA) is 64.6 Å². The molecule has 5 heteroatoms. The van der Waals surface area contributed by atoms with Crippen molar-refractivity contribution in [1.82, 2.24) is 5.32 Å². The van der Waals surface area contributed by atoms with Crippen LogP contribution in [0.5, 0.6) is 0 Å². The van der Waals surface area contributed by atoms with E-state index >= 15 is 0 Å². The van der Waals surface area contributed by atoms with E-state index in [1.807, 2.05) is 20.8 Å². The Bertz CT molecular complexity index is 434. The lowest BCUT2D eigenvalue weighted by molar-refractivity contribution is -0.162. The smallest absolute Gasteiger partial charge is 0.332 e. The molecule has 21 heavy (non-hydrogen) atoms. The molecule has 0 aromatic heterocycles. The fourth-order valence-corrected chi connectivity index (χ4v) is 3.21. The summed E-state index contributed by atoms with van der Waals surface area (Å²) in [6.07, 6.45) is 4.15. The summed E-state index contributed by atoms with van der Waals surface area (Å²) < 4.78 is 10.5. The molecule has 2 bridgehead atoms. The maximum Gasteiger partial charge on any atom is 0.332 e. The van der Waals surface area contributed by atoms with E-state index in [-0.39, 0.29) is 29.8 Å². The predicted octanol–water partition coefficient (Wildman–Crippen LogP) is 2.16. The molecule has 5 nitrogen and oxygen atoms in total. The van der Waals surface area contributed by atoms with Crippen molar-refractivity contribution < 1.29 is 19.1 Å². The van der Waals surface area contributed by atoms with Gasteiger partial charge in [0.25, 0.3) is 0 Å². The summed E-state index contributed by atoms with van der Waals surface area (Å²) in [4.78, 5) is 23.9. The zero-order chi connectivity index (χ0) is 15.6. The van der Waals surface area contributed by atoms with Crippen LogP contribution in [0.4, 0.5) is 0 Å². The highest BCUT2D eigenvalue weighted by molar-refractivity contribution is 5.83. The molecule has 1 N–H and O–H groups in total. The molecule has 2 rings (SSSR count). The van der Waals surface area contributed by atoms with E-state index in [0.29, 0.717) is 13.0 Å². The molecule has 1 saturated heterocycles. The van der Waals surface area contributed by atoms with Gasteiger partial charge in [0.2, 0.25) is 0 Å². The Morgan fingerprint density at radius 1 is 1.33 bits per heavy atom. The van der Waals surface area contributed by atoms with Crippen molar-refractivity contribution in [1.29, 1.82) is 0 Å². The van der Waals surface area contributed by atoms with Gasteiger partial charge in [0.15, 0.2) is 0 Å². The Morgan fingerprint density at radius 2 is 2.05 bits per heavy atom. The molecule has 1 aliphatic carbocycles. The highest BCUT2D eigenvalue weighted by Crippen LogP contribution is 2.41. The van der Waals surface area contributed by atoms with E-state index in [9.17, 15) is 9.59 Å². The third-order valence-corrected chi connectivity index (χ3v) is 3.90. The van der Waals surface area contributed by atoms with Crippen LogP contribution in [0.25, 0.3) is 0 Å². The summed E-state index contributed by atoms with van der Waals surface area (Å²) in [5, 5.41) is 3.31. The van der Waals surface area contributed by atoms with Crippen LogP contribution in [0, 0.1) is 11.8 Å². The molecule has 3 atom stereocenters. The normalized spacial score (nSPS) is 29.9. The van der Waals surface area contributed by atoms with Gasteiger partial charge in [0.1, 0.15) is 5.60 Å². The number of hydrogen-bond acceptors (Lipinski definition) is 5. The number of hydrogen-bond donors (Lipinski definition) is 1. The van der Waals surface area contributed by atoms with Crippen LogP contribution in [0.1, 0.15) is 47.0 Å². The second-order valence-electron chi connectivity index (χ2n) is 6.77. The van der Waals surface area contributed by atoms with Crippen molar-refractivity contribution in [2.75, 3.05) is 6.61 Å². The fourth-order valence-electron chi connectivity index (χ4n) is 3.21. The van der Waals surface area contributed by atoms with Crippen LogP contribution >= 0.6 is 0 Å². The van der Waals surface area contributed by atoms with E-state index in [2.05, 4.69) is 5.32 Å². The van der Waals surface area contributed by atoms with Crippen molar-refractivity contribution in [3.8, 4) is 0 Å². The number of fused-ring (bicyclic) bond motifs is 2. The second-order valence-corrected chi connectivity index (χ2v) is 6.77. The Labute approximate surface area is 126 Å². The number of allylic oxidation sites excluding steroid dienone is 1. The number of carbonyl (C=O) groups is 2. The van der Waals surface area contributed by atoms with Gasteiger partial charge in [-0.15, -0.1) is 0 Å². The summed E-state index contributed by atoms with van der Waals surface area (Å²) in [5.41, 5.74) is 0.415. The Morgan fingerprint density at radius 3 is 2.62 bits per heavy atom. The van der Waals surface area contributed by atoms with Crippen LogP contribution in [0.15, 0.2) is 11.8 Å². The summed E-state index contributed by atoms with van der Waals surface area (Å²) in [5.74, 6) is -0.303. The molecule has 0 radical (unpaired) electrons. The lowest BCUT2D eigenvalue weighted by Crippen LogP contribution is -2.45. The standard InChI is InChI=1S/C16H25NO4/c1-5-20-13(18)9-11-8-10-6-7-12(17-11)14(10)15(19)21-16(2,3)4/h9-10,12,14,17H,5-8H2,1-4H3. The van der Waals surface area contributed by atoms with Gasteiger partial charge in [0.05, 0.1) is 12.5 Å². The maximum absolute atomic E-state index is 12.3. The van der Waals surface area contributed by atoms with Gasteiger partial charge in [0, 0.05) is 17.8 Å². The number of ether oxygens (including phenoxy) is 2. The zero-order valence-corrected chi connectivity index (χ0v) is 13.3. The predicted molar refractivity (Wildman–Crippen MR) is 78.3 cm³/mol. The molecule has 1 aliphatic heterocycles. The van der Waals surface area contributed by atoms with Crippen molar-refractivity contribution in [2.45, 2.75) is 58.6 Å². The molecule has 3 unspecified atom stereocenters. The third-order valence-electron chi connectivity index (χ3n) is 3.90. The zero-order valence-electron chi connectivity index (χ0n) is 13.3. The maximum atomic E-state index is 12.3. The SMILES string of the molecule is CCOC(=O)C=C1CC2CCC(N1)C2C(=O)OC(C)(C)C. The Hall–Kier alpha value is -1.52. The van der Waals surface area contributed by atoms with Gasteiger partial charge in [-0.25, -0.2) is 4.79 Å². The average Bonchev–Trinajstić information content (AvgIpc) is 2.60. The summed E-state index contributed by atoms with van der Waals surface area (Å²) in [7, 11) is 0. The number of esters is 2. The van der Waals surface area contributed by atoms with Crippen molar-refractivity contribution in [3.05, 3.63) is 11.8 Å². The first-order chi connectivity index (χ1) is 9.80. The van der Waals surface area contributed by atoms with Crippen molar-refractivity contribution in [2.24, 2.45) is 11.8 Å². The Balaban J connectivity index is 2.02. The molecular formula is C16H25NO4. The minimum absolute atomic E-state index is 0.0688. The molecule has 0 aromatic rings. The molecule has 0 aromatic carbocycles. The molecular weight excluding hydrogens is 270 g/mol. The van der Waals surface area contributed by atoms with Gasteiger partial charge in [-0.2, -0.15) is 0 Å². The second kappa shape index (κ2) is 6.08. The summed E-state index contributed by atoms with van der Waals surface area (Å²) >= 11 is 0. The molecule has 1 saturated carbocycles. The molecule has 0 amide bonds. The van der Waals surface area contributed by atoms with Crippen molar-refractivity contribution >= 4 is 11.9 Å². The van der Waals surface area contributed by atoms with Crippen LogP contribution < -0.4 is 5.32 Å². The summed E-state index contributed by atoms with van der Waals surface area (Å²) in [6, 6.07) is 0.0688. The minimum Gasteiger partial charge on any atom is -0.463 e. The quantitative estimate of drug-likeness (QED) is 0.638. The van der Waals surface area contributed by atoms with Gasteiger partial charge in [-0.3, -0.25) is 4.79 Å². The van der Waals surface area contributed by atoms with Crippen LogP contribution in [0.2, 0.25) is 0 Å². The van der Waals surface area contributed by atoms with Crippen LogP contribution in [-0.4, -0.2) is 30.2 Å². The van der Waals surface area contributed by atoms with E-state index in [0.717, 1.165) is 18.5 Å². The number of nitrogens with one attached hydrogen (secondary N) is 1. The van der Waals surface area contributed by atoms with Crippen LogP contribution in [0.3, 0.4) is 0 Å². The monoisotopic (exact) mass is 295 g/mol. The first kappa shape index (κ1) is 15.9. The highest BCUT2D eigenvalue weighted by atomic mass is 16.6. The summed E-state index contributed by atoms with van der Waals surface area (Å²) in [6.45, 7) is 7.81. The number of piperidine rings is 1. The minimum atomic E-state index is -0.461. The lowest BCUT2D eigenvalue weighted by atomic mass is 9.86. The third kappa shape index (κ3) is 3.99. The van der Waals surface area contributed by atoms with E-state index in [1.165, 1.54) is 6.08 Å². The molecule has 118 valence electrons. The van der Waals surface area contributed by atoms with Gasteiger partial charge in [-0.1, -0.05) is 0 Å². The molecule has 2 fully saturated rings. The molecule has 1 heterocycles. The largest absolute Gasteiger partial charge is 0.463 e. The van der Waals surface area contributed by atoms with Crippen LogP contribution in [-0.2, 0) is 19.1 Å². The van der Waals surface area contributed by atoms with Gasteiger partial charge in [-0.05, 0) is 52.9 Å². The van der Waals surface area contributed by atoms with E-state index in [1.54, 1.807) is 6.92 Å². The van der Waals surface area contributed by atoms with E-state index in [4.69, 9.17) is 9.47 Å². The first-order valence-electron chi connectivity index (χ1n) is 7.67. The number of rotatable bonds is 3. The van der Waals surface area contributed by atoms with E-state index < -0.39 is 5.60 Å². The van der Waals surface area contributed by atoms with Gasteiger partial charge < -0.3 is 14.8 Å². The fraction of sp³-hybridized carbons (Fsp3) is 0.750. The highest BCUT2D eigenvalue weighted by Gasteiger charge is 2.46. The first-order valence-corrected chi connectivity index (χ1v) is 7.67. The Kier molecular flexibility index (Phi) is 4.59. The molecule has 0 spiro atoms. The van der Waals surface area contributed by atoms with Crippen molar-refractivity contribution in [3.63, 3.8) is 0 Å².